The van der Waals surface area contributed by atoms with Gasteiger partial charge in [0.05, 0.1) is 28.6 Å². The first-order chi connectivity index (χ1) is 8.19. The van der Waals surface area contributed by atoms with Crippen LogP contribution in [-0.2, 0) is 6.54 Å². The van der Waals surface area contributed by atoms with E-state index in [1.807, 2.05) is 11.6 Å². The Labute approximate surface area is 107 Å². The lowest BCUT2D eigenvalue weighted by Gasteiger charge is -2.17. The third-order valence-electron chi connectivity index (χ3n) is 2.58. The minimum absolute atomic E-state index is 0.259. The number of nitrogens with two attached hydrogens (primary N) is 2. The minimum Gasteiger partial charge on any atom is -0.384 e. The van der Waals surface area contributed by atoms with Crippen LogP contribution in [0.4, 0.5) is 5.82 Å². The molecule has 7 nitrogen and oxygen atoms in total. The Morgan fingerprint density at radius 3 is 2.88 bits per heavy atom. The van der Waals surface area contributed by atoms with E-state index in [0.29, 0.717) is 5.82 Å². The molecule has 2 heterocycles. The fraction of sp³-hybridized carbons (Fsp3) is 0.333. The summed E-state index contributed by atoms with van der Waals surface area (Å²) in [6, 6.07) is -0.259. The minimum atomic E-state index is -0.259. The van der Waals surface area contributed by atoms with E-state index in [4.69, 9.17) is 11.6 Å². The smallest absolute Gasteiger partial charge is 0.124 e. The fourth-order valence-corrected chi connectivity index (χ4v) is 2.29. The quantitative estimate of drug-likeness (QED) is 0.486. The Balaban J connectivity index is 2.49. The number of hydrogen-bond donors (Lipinski definition) is 4. The first-order valence-electron chi connectivity index (χ1n) is 5.15. The first kappa shape index (κ1) is 12.1. The Hall–Kier alpha value is -1.38. The van der Waals surface area contributed by atoms with Crippen LogP contribution in [0.1, 0.15) is 24.2 Å². The molecule has 6 N–H and O–H groups in total. The van der Waals surface area contributed by atoms with Gasteiger partial charge in [-0.15, -0.1) is 0 Å². The molecule has 0 amide bonds. The van der Waals surface area contributed by atoms with E-state index >= 15 is 0 Å². The van der Waals surface area contributed by atoms with Crippen molar-refractivity contribution in [2.75, 3.05) is 5.73 Å². The van der Waals surface area contributed by atoms with Gasteiger partial charge in [-0.05, 0) is 22.9 Å². The number of nitrogens with one attached hydrogen (secondary N) is 2. The summed E-state index contributed by atoms with van der Waals surface area (Å²) >= 11 is 3.46. The van der Waals surface area contributed by atoms with Crippen molar-refractivity contribution in [3.05, 3.63) is 28.1 Å². The maximum Gasteiger partial charge on any atom is 0.124 e. The normalized spacial score (nSPS) is 12.9. The highest BCUT2D eigenvalue weighted by atomic mass is 79.9. The van der Waals surface area contributed by atoms with Gasteiger partial charge in [-0.2, -0.15) is 10.2 Å². The molecule has 0 saturated heterocycles. The molecule has 0 fully saturated rings. The van der Waals surface area contributed by atoms with Crippen LogP contribution >= 0.6 is 15.9 Å². The Morgan fingerprint density at radius 2 is 2.35 bits per heavy atom. The topological polar surface area (TPSA) is 111 Å². The van der Waals surface area contributed by atoms with Crippen LogP contribution in [0, 0.1) is 0 Å². The van der Waals surface area contributed by atoms with Crippen molar-refractivity contribution in [1.29, 1.82) is 0 Å². The predicted octanol–water partition coefficient (Wildman–Crippen LogP) is 0.524. The maximum atomic E-state index is 5.81. The summed E-state index contributed by atoms with van der Waals surface area (Å²) in [6.45, 7) is 2.76. The third kappa shape index (κ3) is 2.06. The van der Waals surface area contributed by atoms with Crippen LogP contribution in [0.15, 0.2) is 16.9 Å². The average Bonchev–Trinajstić information content (AvgIpc) is 2.89. The standard InChI is InChI=1S/C9H14BrN7/c1-2-17-8(6(10)4-14-17)7(15-12)5-3-13-16-9(5)11/h3-4,7,15H,2,12H2,1H3,(H3,11,13,16). The van der Waals surface area contributed by atoms with E-state index in [2.05, 4.69) is 36.7 Å². The van der Waals surface area contributed by atoms with Crippen molar-refractivity contribution in [2.24, 2.45) is 5.84 Å². The molecule has 0 spiro atoms. The molecule has 0 aliphatic rings. The number of rotatable bonds is 4. The zero-order valence-corrected chi connectivity index (χ0v) is 10.9. The van der Waals surface area contributed by atoms with Gasteiger partial charge in [-0.25, -0.2) is 5.43 Å². The molecule has 2 rings (SSSR count). The van der Waals surface area contributed by atoms with Crippen molar-refractivity contribution in [1.82, 2.24) is 25.4 Å². The number of nitrogen functional groups attached to an aromatic ring is 1. The van der Waals surface area contributed by atoms with Gasteiger partial charge in [0, 0.05) is 12.1 Å². The van der Waals surface area contributed by atoms with Gasteiger partial charge in [0.1, 0.15) is 5.82 Å². The van der Waals surface area contributed by atoms with E-state index in [0.717, 1.165) is 22.3 Å². The fourth-order valence-electron chi connectivity index (χ4n) is 1.76. The summed E-state index contributed by atoms with van der Waals surface area (Å²) in [5.41, 5.74) is 10.3. The summed E-state index contributed by atoms with van der Waals surface area (Å²) in [5, 5.41) is 10.8. The van der Waals surface area contributed by atoms with Crippen LogP contribution in [0.3, 0.4) is 0 Å². The molecule has 2 aromatic heterocycles. The number of hydrazine groups is 1. The number of hydrogen-bond acceptors (Lipinski definition) is 5. The highest BCUT2D eigenvalue weighted by Gasteiger charge is 2.23. The van der Waals surface area contributed by atoms with Crippen molar-refractivity contribution >= 4 is 21.7 Å². The molecule has 92 valence electrons. The number of aromatic nitrogens is 4. The van der Waals surface area contributed by atoms with E-state index in [1.54, 1.807) is 12.4 Å². The van der Waals surface area contributed by atoms with Gasteiger partial charge in [0.25, 0.3) is 0 Å². The molecule has 1 atom stereocenters. The van der Waals surface area contributed by atoms with E-state index in [9.17, 15) is 0 Å². The highest BCUT2D eigenvalue weighted by Crippen LogP contribution is 2.29. The highest BCUT2D eigenvalue weighted by molar-refractivity contribution is 9.10. The van der Waals surface area contributed by atoms with Crippen LogP contribution in [0.5, 0.6) is 0 Å². The van der Waals surface area contributed by atoms with Gasteiger partial charge in [-0.3, -0.25) is 15.6 Å². The number of nitrogens with zero attached hydrogens (tertiary/aromatic N) is 3. The molecular formula is C9H14BrN7. The second kappa shape index (κ2) is 4.86. The summed E-state index contributed by atoms with van der Waals surface area (Å²) < 4.78 is 2.73. The Morgan fingerprint density at radius 1 is 1.59 bits per heavy atom. The molecule has 17 heavy (non-hydrogen) atoms. The van der Waals surface area contributed by atoms with Gasteiger partial charge in [-0.1, -0.05) is 0 Å². The van der Waals surface area contributed by atoms with E-state index in [-0.39, 0.29) is 6.04 Å². The predicted molar refractivity (Wildman–Crippen MR) is 67.8 cm³/mol. The largest absolute Gasteiger partial charge is 0.384 e. The molecule has 8 heteroatoms. The van der Waals surface area contributed by atoms with Gasteiger partial charge in [0.2, 0.25) is 0 Å². The second-order valence-electron chi connectivity index (χ2n) is 3.53. The van der Waals surface area contributed by atoms with Crippen LogP contribution in [-0.4, -0.2) is 20.0 Å². The summed E-state index contributed by atoms with van der Waals surface area (Å²) in [7, 11) is 0. The molecule has 0 bridgehead atoms. The molecule has 0 aliphatic heterocycles. The molecule has 2 aromatic rings. The van der Waals surface area contributed by atoms with Crippen LogP contribution in [0.25, 0.3) is 0 Å². The molecular weight excluding hydrogens is 286 g/mol. The van der Waals surface area contributed by atoms with Gasteiger partial charge in [0.15, 0.2) is 0 Å². The number of anilines is 1. The number of H-pyrrole nitrogens is 1. The first-order valence-corrected chi connectivity index (χ1v) is 5.94. The zero-order valence-electron chi connectivity index (χ0n) is 9.31. The maximum absolute atomic E-state index is 5.81. The average molecular weight is 300 g/mol. The van der Waals surface area contributed by atoms with Crippen molar-refractivity contribution < 1.29 is 0 Å². The third-order valence-corrected chi connectivity index (χ3v) is 3.19. The Kier molecular flexibility index (Phi) is 3.46. The molecule has 0 saturated carbocycles. The summed E-state index contributed by atoms with van der Waals surface area (Å²) in [5.74, 6) is 6.10. The Bertz CT molecular complexity index is 503. The molecule has 0 radical (unpaired) electrons. The van der Waals surface area contributed by atoms with E-state index in [1.165, 1.54) is 0 Å². The number of aryl methyl sites for hydroxylation is 1. The lowest BCUT2D eigenvalue weighted by molar-refractivity contribution is 0.543. The van der Waals surface area contributed by atoms with Crippen LogP contribution < -0.4 is 17.0 Å². The monoisotopic (exact) mass is 299 g/mol. The van der Waals surface area contributed by atoms with E-state index < -0.39 is 0 Å². The van der Waals surface area contributed by atoms with Crippen LogP contribution in [0.2, 0.25) is 0 Å². The van der Waals surface area contributed by atoms with Gasteiger partial charge < -0.3 is 5.73 Å². The lowest BCUT2D eigenvalue weighted by atomic mass is 10.1. The zero-order chi connectivity index (χ0) is 12.4. The summed E-state index contributed by atoms with van der Waals surface area (Å²) in [6.07, 6.45) is 3.39. The number of aromatic amines is 1. The lowest BCUT2D eigenvalue weighted by Crippen LogP contribution is -2.31. The van der Waals surface area contributed by atoms with Crippen molar-refractivity contribution in [2.45, 2.75) is 19.5 Å². The van der Waals surface area contributed by atoms with Crippen molar-refractivity contribution in [3.8, 4) is 0 Å². The second-order valence-corrected chi connectivity index (χ2v) is 4.39. The van der Waals surface area contributed by atoms with Crippen molar-refractivity contribution in [3.63, 3.8) is 0 Å². The molecule has 0 aliphatic carbocycles. The molecule has 1 unspecified atom stereocenters. The molecule has 0 aromatic carbocycles. The summed E-state index contributed by atoms with van der Waals surface area (Å²) in [4.78, 5) is 0. The number of halogens is 1. The SMILES string of the molecule is CCn1ncc(Br)c1C(NN)c1cn[nH]c1N. The van der Waals surface area contributed by atoms with Gasteiger partial charge >= 0.3 is 0 Å².